The van der Waals surface area contributed by atoms with Crippen molar-refractivity contribution in [3.05, 3.63) is 0 Å². The average Bonchev–Trinajstić information content (AvgIpc) is 2.22. The van der Waals surface area contributed by atoms with E-state index in [9.17, 15) is 4.79 Å². The first-order valence-electron chi connectivity index (χ1n) is 6.44. The van der Waals surface area contributed by atoms with Gasteiger partial charge in [-0.1, -0.05) is 20.3 Å². The van der Waals surface area contributed by atoms with E-state index in [-0.39, 0.29) is 5.91 Å². The van der Waals surface area contributed by atoms with E-state index in [1.165, 1.54) is 0 Å². The summed E-state index contributed by atoms with van der Waals surface area (Å²) in [6, 6.07) is 0.349. The van der Waals surface area contributed by atoms with Gasteiger partial charge in [0.2, 0.25) is 5.91 Å². The number of carbonyl (C=O) groups is 1. The van der Waals surface area contributed by atoms with Gasteiger partial charge in [-0.25, -0.2) is 0 Å². The minimum Gasteiger partial charge on any atom is -0.343 e. The van der Waals surface area contributed by atoms with Crippen LogP contribution in [0.25, 0.3) is 0 Å². The Morgan fingerprint density at radius 3 is 2.31 bits per heavy atom. The third-order valence-corrected chi connectivity index (χ3v) is 2.96. The van der Waals surface area contributed by atoms with Crippen molar-refractivity contribution in [3.63, 3.8) is 0 Å². The first kappa shape index (κ1) is 15.4. The summed E-state index contributed by atoms with van der Waals surface area (Å²) in [7, 11) is 1.91. The molecule has 0 aromatic rings. The van der Waals surface area contributed by atoms with Crippen LogP contribution in [0.4, 0.5) is 0 Å². The highest BCUT2D eigenvalue weighted by Crippen LogP contribution is 2.11. The van der Waals surface area contributed by atoms with Gasteiger partial charge in [-0.3, -0.25) is 4.79 Å². The Hall–Kier alpha value is -0.570. The summed E-state index contributed by atoms with van der Waals surface area (Å²) in [6.07, 6.45) is 4.80. The van der Waals surface area contributed by atoms with Crippen LogP contribution in [0.1, 0.15) is 52.9 Å². The highest BCUT2D eigenvalue weighted by Gasteiger charge is 2.15. The molecule has 1 unspecified atom stereocenters. The molecule has 0 aliphatic heterocycles. The van der Waals surface area contributed by atoms with Crippen LogP contribution in [0.2, 0.25) is 0 Å². The average molecular weight is 228 g/mol. The van der Waals surface area contributed by atoms with Crippen LogP contribution in [-0.4, -0.2) is 30.4 Å². The van der Waals surface area contributed by atoms with Crippen molar-refractivity contribution in [2.24, 2.45) is 11.7 Å². The molecule has 0 heterocycles. The van der Waals surface area contributed by atoms with E-state index in [1.807, 2.05) is 11.9 Å². The number of hydrogen-bond acceptors (Lipinski definition) is 2. The Balaban J connectivity index is 3.79. The largest absolute Gasteiger partial charge is 0.343 e. The molecule has 0 saturated heterocycles. The Labute approximate surface area is 100 Å². The number of carbonyl (C=O) groups excluding carboxylic acids is 1. The predicted molar refractivity (Wildman–Crippen MR) is 69.2 cm³/mol. The molecule has 2 N–H and O–H groups in total. The molecular formula is C13H28N2O. The summed E-state index contributed by atoms with van der Waals surface area (Å²) in [4.78, 5) is 13.7. The van der Waals surface area contributed by atoms with Crippen molar-refractivity contribution in [1.29, 1.82) is 0 Å². The molecule has 96 valence electrons. The van der Waals surface area contributed by atoms with Crippen LogP contribution in [0.3, 0.4) is 0 Å². The molecule has 0 spiro atoms. The van der Waals surface area contributed by atoms with Crippen LogP contribution in [0.5, 0.6) is 0 Å². The van der Waals surface area contributed by atoms with Crippen LogP contribution in [0, 0.1) is 5.92 Å². The number of nitrogens with zero attached hydrogens (tertiary/aromatic N) is 1. The monoisotopic (exact) mass is 228 g/mol. The fraction of sp³-hybridized carbons (Fsp3) is 0.923. The van der Waals surface area contributed by atoms with Gasteiger partial charge in [0.15, 0.2) is 0 Å². The van der Waals surface area contributed by atoms with Gasteiger partial charge < -0.3 is 10.6 Å². The molecule has 0 rings (SSSR count). The maximum atomic E-state index is 11.8. The zero-order valence-corrected chi connectivity index (χ0v) is 11.3. The second kappa shape index (κ2) is 8.57. The lowest BCUT2D eigenvalue weighted by molar-refractivity contribution is -0.132. The summed E-state index contributed by atoms with van der Waals surface area (Å²) in [5, 5.41) is 0. The zero-order valence-electron chi connectivity index (χ0n) is 11.3. The first-order chi connectivity index (χ1) is 7.49. The zero-order chi connectivity index (χ0) is 12.6. The number of hydrogen-bond donors (Lipinski definition) is 1. The highest BCUT2D eigenvalue weighted by atomic mass is 16.2. The van der Waals surface area contributed by atoms with Gasteiger partial charge >= 0.3 is 0 Å². The number of amides is 1. The van der Waals surface area contributed by atoms with E-state index in [4.69, 9.17) is 5.73 Å². The fourth-order valence-corrected chi connectivity index (χ4v) is 1.86. The topological polar surface area (TPSA) is 46.3 Å². The lowest BCUT2D eigenvalue weighted by atomic mass is 10.0. The van der Waals surface area contributed by atoms with Gasteiger partial charge in [-0.2, -0.15) is 0 Å². The second-order valence-corrected chi connectivity index (χ2v) is 5.08. The van der Waals surface area contributed by atoms with E-state index < -0.39 is 0 Å². The second-order valence-electron chi connectivity index (χ2n) is 5.08. The number of rotatable bonds is 8. The molecule has 0 saturated carbocycles. The standard InChI is InChI=1S/C13H28N2O/c1-11(2)10-12(3)15(4)13(16)8-6-5-7-9-14/h11-12H,5-10,14H2,1-4H3. The van der Waals surface area contributed by atoms with E-state index in [1.54, 1.807) is 0 Å². The molecule has 3 heteroatoms. The minimum absolute atomic E-state index is 0.269. The third-order valence-electron chi connectivity index (χ3n) is 2.96. The van der Waals surface area contributed by atoms with Gasteiger partial charge in [0.1, 0.15) is 0 Å². The van der Waals surface area contributed by atoms with E-state index >= 15 is 0 Å². The molecule has 0 fully saturated rings. The van der Waals surface area contributed by atoms with Crippen molar-refractivity contribution in [2.75, 3.05) is 13.6 Å². The van der Waals surface area contributed by atoms with Crippen molar-refractivity contribution in [3.8, 4) is 0 Å². The summed E-state index contributed by atoms with van der Waals surface area (Å²) in [5.41, 5.74) is 5.41. The van der Waals surface area contributed by atoms with Crippen LogP contribution < -0.4 is 5.73 Å². The Bertz CT molecular complexity index is 192. The van der Waals surface area contributed by atoms with Crippen molar-refractivity contribution in [2.45, 2.75) is 58.9 Å². The van der Waals surface area contributed by atoms with Gasteiger partial charge in [-0.05, 0) is 38.6 Å². The van der Waals surface area contributed by atoms with Crippen molar-refractivity contribution < 1.29 is 4.79 Å². The first-order valence-corrected chi connectivity index (χ1v) is 6.44. The smallest absolute Gasteiger partial charge is 0.222 e. The maximum Gasteiger partial charge on any atom is 0.222 e. The highest BCUT2D eigenvalue weighted by molar-refractivity contribution is 5.76. The van der Waals surface area contributed by atoms with E-state index in [0.29, 0.717) is 18.4 Å². The van der Waals surface area contributed by atoms with Gasteiger partial charge in [-0.15, -0.1) is 0 Å². The minimum atomic E-state index is 0.269. The van der Waals surface area contributed by atoms with Crippen molar-refractivity contribution in [1.82, 2.24) is 4.90 Å². The number of unbranched alkanes of at least 4 members (excludes halogenated alkanes) is 2. The van der Waals surface area contributed by atoms with Crippen LogP contribution in [-0.2, 0) is 4.79 Å². The predicted octanol–water partition coefficient (Wildman–Crippen LogP) is 2.40. The summed E-state index contributed by atoms with van der Waals surface area (Å²) >= 11 is 0. The molecule has 3 nitrogen and oxygen atoms in total. The summed E-state index contributed by atoms with van der Waals surface area (Å²) in [6.45, 7) is 7.23. The Morgan fingerprint density at radius 2 is 1.81 bits per heavy atom. The number of nitrogens with two attached hydrogens (primary N) is 1. The molecule has 0 bridgehead atoms. The lowest BCUT2D eigenvalue weighted by Crippen LogP contribution is -2.35. The molecule has 0 aromatic carbocycles. The maximum absolute atomic E-state index is 11.8. The van der Waals surface area contributed by atoms with E-state index in [2.05, 4.69) is 20.8 Å². The molecule has 0 aliphatic carbocycles. The van der Waals surface area contributed by atoms with Gasteiger partial charge in [0.05, 0.1) is 0 Å². The van der Waals surface area contributed by atoms with Crippen LogP contribution in [0.15, 0.2) is 0 Å². The molecule has 0 radical (unpaired) electrons. The molecular weight excluding hydrogens is 200 g/mol. The molecule has 1 amide bonds. The summed E-state index contributed by atoms with van der Waals surface area (Å²) in [5.74, 6) is 0.910. The van der Waals surface area contributed by atoms with Crippen LogP contribution >= 0.6 is 0 Å². The fourth-order valence-electron chi connectivity index (χ4n) is 1.86. The van der Waals surface area contributed by atoms with E-state index in [0.717, 1.165) is 32.2 Å². The van der Waals surface area contributed by atoms with Crippen molar-refractivity contribution >= 4 is 5.91 Å². The Kier molecular flexibility index (Phi) is 8.26. The SMILES string of the molecule is CC(C)CC(C)N(C)C(=O)CCCCCN. The van der Waals surface area contributed by atoms with Gasteiger partial charge in [0.25, 0.3) is 0 Å². The molecule has 1 atom stereocenters. The molecule has 0 aromatic heterocycles. The molecule has 0 aliphatic rings. The molecule has 16 heavy (non-hydrogen) atoms. The van der Waals surface area contributed by atoms with Gasteiger partial charge in [0, 0.05) is 19.5 Å². The Morgan fingerprint density at radius 1 is 1.19 bits per heavy atom. The quantitative estimate of drug-likeness (QED) is 0.648. The third kappa shape index (κ3) is 6.83. The lowest BCUT2D eigenvalue weighted by Gasteiger charge is -2.26. The normalized spacial score (nSPS) is 12.9. The summed E-state index contributed by atoms with van der Waals surface area (Å²) < 4.78 is 0.